The molecule has 2 aromatic heterocycles. The van der Waals surface area contributed by atoms with Crippen LogP contribution in [0.5, 0.6) is 0 Å². The first kappa shape index (κ1) is 19.9. The average molecular weight is 444 g/mol. The largest absolute Gasteiger partial charge is 0.436 e. The van der Waals surface area contributed by atoms with Gasteiger partial charge >= 0.3 is 0 Å². The van der Waals surface area contributed by atoms with Gasteiger partial charge in [-0.1, -0.05) is 54.6 Å². The third-order valence-corrected chi connectivity index (χ3v) is 5.82. The molecule has 0 unspecified atom stereocenters. The van der Waals surface area contributed by atoms with Crippen LogP contribution in [0.25, 0.3) is 55.7 Å². The van der Waals surface area contributed by atoms with Gasteiger partial charge in [-0.2, -0.15) is 5.10 Å². The van der Waals surface area contributed by atoms with Gasteiger partial charge in [-0.25, -0.2) is 4.98 Å². The number of rotatable bonds is 4. The zero-order valence-corrected chi connectivity index (χ0v) is 18.4. The second-order valence-electron chi connectivity index (χ2n) is 8.18. The molecule has 2 heterocycles. The first-order chi connectivity index (χ1) is 16.6. The molecular formula is C28H20N4O2. The van der Waals surface area contributed by atoms with Crippen LogP contribution < -0.4 is 5.32 Å². The molecule has 0 aliphatic carbocycles. The van der Waals surface area contributed by atoms with Gasteiger partial charge in [0, 0.05) is 18.2 Å². The Morgan fingerprint density at radius 1 is 0.853 bits per heavy atom. The van der Waals surface area contributed by atoms with E-state index in [-0.39, 0.29) is 5.91 Å². The number of hydrogen-bond donors (Lipinski definition) is 2. The third kappa shape index (κ3) is 3.61. The van der Waals surface area contributed by atoms with E-state index in [1.165, 1.54) is 6.92 Å². The molecule has 0 saturated heterocycles. The van der Waals surface area contributed by atoms with Crippen LogP contribution >= 0.6 is 0 Å². The zero-order chi connectivity index (χ0) is 23.1. The molecule has 0 spiro atoms. The van der Waals surface area contributed by atoms with E-state index in [0.717, 1.165) is 55.5 Å². The first-order valence-electron chi connectivity index (χ1n) is 11.0. The summed E-state index contributed by atoms with van der Waals surface area (Å²) < 4.78 is 6.14. The molecule has 6 rings (SSSR count). The molecule has 0 radical (unpaired) electrons. The number of oxazole rings is 1. The summed E-state index contributed by atoms with van der Waals surface area (Å²) in [5.41, 5.74) is 7.05. The van der Waals surface area contributed by atoms with Crippen LogP contribution in [-0.4, -0.2) is 21.1 Å². The number of anilines is 1. The summed E-state index contributed by atoms with van der Waals surface area (Å²) in [4.78, 5) is 16.0. The van der Waals surface area contributed by atoms with Crippen LogP contribution in [0.2, 0.25) is 0 Å². The van der Waals surface area contributed by atoms with E-state index in [1.807, 2.05) is 60.7 Å². The number of aromatic nitrogens is 3. The molecule has 1 amide bonds. The molecule has 6 nitrogen and oxygen atoms in total. The van der Waals surface area contributed by atoms with Crippen LogP contribution in [0.15, 0.2) is 95.5 Å². The van der Waals surface area contributed by atoms with Crippen LogP contribution in [-0.2, 0) is 4.79 Å². The lowest BCUT2D eigenvalue weighted by molar-refractivity contribution is -0.114. The molecule has 4 aromatic carbocycles. The summed E-state index contributed by atoms with van der Waals surface area (Å²) in [6.07, 6.45) is 1.74. The normalized spacial score (nSPS) is 11.2. The van der Waals surface area contributed by atoms with Crippen molar-refractivity contribution in [1.82, 2.24) is 15.2 Å². The molecule has 2 N–H and O–H groups in total. The molecule has 164 valence electrons. The lowest BCUT2D eigenvalue weighted by Gasteiger charge is -2.07. The highest BCUT2D eigenvalue weighted by atomic mass is 16.3. The van der Waals surface area contributed by atoms with Crippen molar-refractivity contribution >= 4 is 33.5 Å². The lowest BCUT2D eigenvalue weighted by atomic mass is 10.00. The fraction of sp³-hybridized carbons (Fsp3) is 0.0357. The van der Waals surface area contributed by atoms with Crippen molar-refractivity contribution in [3.8, 4) is 33.8 Å². The number of hydrogen-bond acceptors (Lipinski definition) is 4. The zero-order valence-electron chi connectivity index (χ0n) is 18.4. The second kappa shape index (κ2) is 8.01. The Kier molecular flexibility index (Phi) is 4.70. The van der Waals surface area contributed by atoms with E-state index >= 15 is 0 Å². The van der Waals surface area contributed by atoms with E-state index in [0.29, 0.717) is 5.89 Å². The van der Waals surface area contributed by atoms with E-state index in [9.17, 15) is 4.79 Å². The maximum Gasteiger partial charge on any atom is 0.231 e. The molecule has 0 aliphatic heterocycles. The Morgan fingerprint density at radius 2 is 1.62 bits per heavy atom. The standard InChI is InChI=1S/C28H20N4O2/c1-17(33)30-23-11-9-18(10-12-23)19-7-4-8-22(13-19)27-24(16-29-32-27)28-31-25-14-20-5-2-3-6-21(20)15-26(25)34-28/h2-16H,1H3,(H,29,32)(H,30,33). The fourth-order valence-corrected chi connectivity index (χ4v) is 4.20. The number of benzene rings is 4. The van der Waals surface area contributed by atoms with Crippen molar-refractivity contribution in [3.63, 3.8) is 0 Å². The number of nitrogens with zero attached hydrogens (tertiary/aromatic N) is 2. The maximum absolute atomic E-state index is 11.3. The minimum Gasteiger partial charge on any atom is -0.436 e. The Labute approximate surface area is 195 Å². The molecule has 0 fully saturated rings. The predicted molar refractivity (Wildman–Crippen MR) is 134 cm³/mol. The highest BCUT2D eigenvalue weighted by Gasteiger charge is 2.17. The second-order valence-corrected chi connectivity index (χ2v) is 8.18. The quantitative estimate of drug-likeness (QED) is 0.318. The van der Waals surface area contributed by atoms with Crippen LogP contribution in [0.3, 0.4) is 0 Å². The van der Waals surface area contributed by atoms with Crippen LogP contribution in [0.4, 0.5) is 5.69 Å². The van der Waals surface area contributed by atoms with Gasteiger partial charge in [-0.05, 0) is 52.2 Å². The minimum atomic E-state index is -0.0891. The van der Waals surface area contributed by atoms with Crippen LogP contribution in [0, 0.1) is 0 Å². The number of nitrogens with one attached hydrogen (secondary N) is 2. The Hall–Kier alpha value is -4.71. The molecule has 0 bridgehead atoms. The minimum absolute atomic E-state index is 0.0891. The summed E-state index contributed by atoms with van der Waals surface area (Å²) >= 11 is 0. The van der Waals surface area contributed by atoms with Crippen molar-refractivity contribution in [2.24, 2.45) is 0 Å². The van der Waals surface area contributed by atoms with E-state index in [4.69, 9.17) is 9.40 Å². The number of carbonyl (C=O) groups is 1. The predicted octanol–water partition coefficient (Wildman–Crippen LogP) is 6.66. The Bertz CT molecular complexity index is 1610. The van der Waals surface area contributed by atoms with Gasteiger partial charge in [0.25, 0.3) is 0 Å². The lowest BCUT2D eigenvalue weighted by Crippen LogP contribution is -2.05. The average Bonchev–Trinajstić information content (AvgIpc) is 3.49. The van der Waals surface area contributed by atoms with Gasteiger partial charge in [0.15, 0.2) is 5.58 Å². The smallest absolute Gasteiger partial charge is 0.231 e. The highest BCUT2D eigenvalue weighted by Crippen LogP contribution is 2.34. The SMILES string of the molecule is CC(=O)Nc1ccc(-c2cccc(-c3[nH]ncc3-c3nc4cc5ccccc5cc4o3)c2)cc1. The third-order valence-electron chi connectivity index (χ3n) is 5.82. The van der Waals surface area contributed by atoms with Crippen molar-refractivity contribution in [2.75, 3.05) is 5.32 Å². The number of aromatic amines is 1. The molecule has 6 aromatic rings. The fourth-order valence-electron chi connectivity index (χ4n) is 4.20. The van der Waals surface area contributed by atoms with E-state index in [1.54, 1.807) is 6.20 Å². The van der Waals surface area contributed by atoms with E-state index < -0.39 is 0 Å². The number of amides is 1. The highest BCUT2D eigenvalue weighted by molar-refractivity contribution is 5.95. The van der Waals surface area contributed by atoms with Gasteiger partial charge in [0.1, 0.15) is 5.52 Å². The Balaban J connectivity index is 1.37. The van der Waals surface area contributed by atoms with E-state index in [2.05, 4.69) is 39.8 Å². The number of H-pyrrole nitrogens is 1. The molecular weight excluding hydrogens is 424 g/mol. The van der Waals surface area contributed by atoms with Crippen LogP contribution in [0.1, 0.15) is 6.92 Å². The topological polar surface area (TPSA) is 83.8 Å². The first-order valence-corrected chi connectivity index (χ1v) is 11.0. The van der Waals surface area contributed by atoms with Gasteiger partial charge in [0.2, 0.25) is 11.8 Å². The summed E-state index contributed by atoms with van der Waals surface area (Å²) in [7, 11) is 0. The number of fused-ring (bicyclic) bond motifs is 2. The van der Waals surface area contributed by atoms with Crippen molar-refractivity contribution in [2.45, 2.75) is 6.92 Å². The molecule has 6 heteroatoms. The number of carbonyl (C=O) groups excluding carboxylic acids is 1. The Morgan fingerprint density at radius 3 is 2.41 bits per heavy atom. The summed E-state index contributed by atoms with van der Waals surface area (Å²) in [6.45, 7) is 1.50. The summed E-state index contributed by atoms with van der Waals surface area (Å²) in [6, 6.07) is 28.2. The van der Waals surface area contributed by atoms with Crippen molar-refractivity contribution < 1.29 is 9.21 Å². The monoisotopic (exact) mass is 444 g/mol. The molecule has 0 saturated carbocycles. The molecule has 0 aliphatic rings. The van der Waals surface area contributed by atoms with Gasteiger partial charge in [0.05, 0.1) is 17.5 Å². The maximum atomic E-state index is 11.3. The van der Waals surface area contributed by atoms with Gasteiger partial charge in [-0.15, -0.1) is 0 Å². The molecule has 0 atom stereocenters. The summed E-state index contributed by atoms with van der Waals surface area (Å²) in [5, 5.41) is 12.4. The van der Waals surface area contributed by atoms with Crippen molar-refractivity contribution in [3.05, 3.63) is 91.1 Å². The van der Waals surface area contributed by atoms with Gasteiger partial charge < -0.3 is 9.73 Å². The summed E-state index contributed by atoms with van der Waals surface area (Å²) in [5.74, 6) is 0.438. The van der Waals surface area contributed by atoms with Gasteiger partial charge in [-0.3, -0.25) is 9.89 Å². The van der Waals surface area contributed by atoms with Crippen molar-refractivity contribution in [1.29, 1.82) is 0 Å². The molecule has 34 heavy (non-hydrogen) atoms.